The Kier molecular flexibility index (Phi) is 6.59. The highest BCUT2D eigenvalue weighted by Gasteiger charge is 2.15. The summed E-state index contributed by atoms with van der Waals surface area (Å²) in [5.41, 5.74) is 0.983. The minimum absolute atomic E-state index is 0.185. The molecule has 0 bridgehead atoms. The highest BCUT2D eigenvalue weighted by atomic mass is 16.5. The second kappa shape index (κ2) is 8.22. The van der Waals surface area contributed by atoms with E-state index >= 15 is 0 Å². The van der Waals surface area contributed by atoms with Gasteiger partial charge >= 0.3 is 5.97 Å². The van der Waals surface area contributed by atoms with Crippen molar-refractivity contribution < 1.29 is 24.1 Å². The van der Waals surface area contributed by atoms with Crippen molar-refractivity contribution in [1.82, 2.24) is 0 Å². The first kappa shape index (κ1) is 16.0. The average Bonchev–Trinajstić information content (AvgIpc) is 2.45. The molecule has 0 fully saturated rings. The van der Waals surface area contributed by atoms with Gasteiger partial charge in [-0.1, -0.05) is 6.08 Å². The molecule has 20 heavy (non-hydrogen) atoms. The first-order valence-electron chi connectivity index (χ1n) is 6.30. The van der Waals surface area contributed by atoms with Crippen LogP contribution in [0.5, 0.6) is 11.5 Å². The SMILES string of the molecule is C=CCOCCCc1cc(C(=O)O)cc(OC)c1OC. The monoisotopic (exact) mass is 280 g/mol. The van der Waals surface area contributed by atoms with Crippen LogP contribution in [0.25, 0.3) is 0 Å². The van der Waals surface area contributed by atoms with Gasteiger partial charge in [0.2, 0.25) is 0 Å². The number of ether oxygens (including phenoxy) is 3. The van der Waals surface area contributed by atoms with Crippen molar-refractivity contribution in [2.24, 2.45) is 0 Å². The summed E-state index contributed by atoms with van der Waals surface area (Å²) in [5, 5.41) is 9.10. The smallest absolute Gasteiger partial charge is 0.335 e. The van der Waals surface area contributed by atoms with Crippen LogP contribution in [0, 0.1) is 0 Å². The summed E-state index contributed by atoms with van der Waals surface area (Å²) in [6, 6.07) is 3.07. The number of carboxylic acid groups (broad SMARTS) is 1. The minimum atomic E-state index is -0.991. The maximum atomic E-state index is 11.1. The Morgan fingerprint density at radius 3 is 2.65 bits per heavy atom. The van der Waals surface area contributed by atoms with Crippen LogP contribution < -0.4 is 9.47 Å². The van der Waals surface area contributed by atoms with E-state index in [1.807, 2.05) is 0 Å². The Balaban J connectivity index is 2.88. The molecule has 0 aliphatic heterocycles. The Morgan fingerprint density at radius 2 is 2.10 bits per heavy atom. The first-order chi connectivity index (χ1) is 9.63. The topological polar surface area (TPSA) is 65.0 Å². The molecule has 0 unspecified atom stereocenters. The number of aromatic carboxylic acids is 1. The van der Waals surface area contributed by atoms with E-state index in [0.29, 0.717) is 31.1 Å². The Morgan fingerprint density at radius 1 is 1.35 bits per heavy atom. The van der Waals surface area contributed by atoms with Crippen LogP contribution in [-0.4, -0.2) is 38.5 Å². The summed E-state index contributed by atoms with van der Waals surface area (Å²) in [5.74, 6) is 0.00532. The molecule has 1 aromatic rings. The van der Waals surface area contributed by atoms with Crippen molar-refractivity contribution in [3.8, 4) is 11.5 Å². The molecule has 1 N–H and O–H groups in total. The standard InChI is InChI=1S/C15H20O5/c1-4-7-20-8-5-6-11-9-12(15(16)17)10-13(18-2)14(11)19-3/h4,9-10H,1,5-8H2,2-3H3,(H,16,17). The number of hydrogen-bond acceptors (Lipinski definition) is 4. The molecule has 0 radical (unpaired) electrons. The third-order valence-corrected chi connectivity index (χ3v) is 2.77. The predicted octanol–water partition coefficient (Wildman–Crippen LogP) is 2.54. The van der Waals surface area contributed by atoms with E-state index in [-0.39, 0.29) is 5.56 Å². The Labute approximate surface area is 118 Å². The van der Waals surface area contributed by atoms with Gasteiger partial charge in [0.25, 0.3) is 0 Å². The van der Waals surface area contributed by atoms with E-state index < -0.39 is 5.97 Å². The van der Waals surface area contributed by atoms with E-state index in [4.69, 9.17) is 19.3 Å². The first-order valence-corrected chi connectivity index (χ1v) is 6.30. The van der Waals surface area contributed by atoms with Crippen molar-refractivity contribution in [3.63, 3.8) is 0 Å². The van der Waals surface area contributed by atoms with Crippen molar-refractivity contribution >= 4 is 5.97 Å². The van der Waals surface area contributed by atoms with Gasteiger partial charge in [0.1, 0.15) is 0 Å². The molecule has 0 aromatic heterocycles. The lowest BCUT2D eigenvalue weighted by Gasteiger charge is -2.14. The lowest BCUT2D eigenvalue weighted by Crippen LogP contribution is -2.04. The molecular formula is C15H20O5. The largest absolute Gasteiger partial charge is 0.493 e. The fourth-order valence-electron chi connectivity index (χ4n) is 1.88. The fourth-order valence-corrected chi connectivity index (χ4v) is 1.88. The van der Waals surface area contributed by atoms with Gasteiger partial charge in [-0.3, -0.25) is 0 Å². The van der Waals surface area contributed by atoms with Gasteiger partial charge < -0.3 is 19.3 Å². The molecule has 0 aliphatic carbocycles. The minimum Gasteiger partial charge on any atom is -0.493 e. The molecule has 0 spiro atoms. The molecule has 0 aliphatic rings. The van der Waals surface area contributed by atoms with Gasteiger partial charge in [-0.15, -0.1) is 6.58 Å². The second-order valence-corrected chi connectivity index (χ2v) is 4.14. The number of rotatable bonds is 9. The van der Waals surface area contributed by atoms with Gasteiger partial charge in [-0.05, 0) is 30.5 Å². The average molecular weight is 280 g/mol. The van der Waals surface area contributed by atoms with Gasteiger partial charge in [0.05, 0.1) is 26.4 Å². The van der Waals surface area contributed by atoms with E-state index in [2.05, 4.69) is 6.58 Å². The summed E-state index contributed by atoms with van der Waals surface area (Å²) in [6.45, 7) is 4.66. The lowest BCUT2D eigenvalue weighted by molar-refractivity contribution is 0.0696. The number of methoxy groups -OCH3 is 2. The maximum Gasteiger partial charge on any atom is 0.335 e. The summed E-state index contributed by atoms with van der Waals surface area (Å²) in [7, 11) is 3.02. The van der Waals surface area contributed by atoms with Crippen LogP contribution in [0.1, 0.15) is 22.3 Å². The van der Waals surface area contributed by atoms with Crippen LogP contribution in [0.2, 0.25) is 0 Å². The third-order valence-electron chi connectivity index (χ3n) is 2.77. The summed E-state index contributed by atoms with van der Waals surface area (Å²) in [6.07, 6.45) is 3.10. The van der Waals surface area contributed by atoms with Gasteiger partial charge in [0.15, 0.2) is 11.5 Å². The number of carboxylic acids is 1. The van der Waals surface area contributed by atoms with Crippen molar-refractivity contribution in [3.05, 3.63) is 35.9 Å². The fraction of sp³-hybridized carbons (Fsp3) is 0.400. The van der Waals surface area contributed by atoms with E-state index in [1.165, 1.54) is 20.3 Å². The van der Waals surface area contributed by atoms with Crippen LogP contribution >= 0.6 is 0 Å². The quantitative estimate of drug-likeness (QED) is 0.556. The number of aryl methyl sites for hydroxylation is 1. The van der Waals surface area contributed by atoms with E-state index in [9.17, 15) is 4.79 Å². The normalized spacial score (nSPS) is 10.1. The Bertz CT molecular complexity index is 468. The van der Waals surface area contributed by atoms with Gasteiger partial charge in [-0.2, -0.15) is 0 Å². The van der Waals surface area contributed by atoms with E-state index in [1.54, 1.807) is 12.1 Å². The maximum absolute atomic E-state index is 11.1. The zero-order valence-corrected chi connectivity index (χ0v) is 11.8. The lowest BCUT2D eigenvalue weighted by atomic mass is 10.0. The molecule has 0 amide bonds. The second-order valence-electron chi connectivity index (χ2n) is 4.14. The van der Waals surface area contributed by atoms with Crippen LogP contribution in [0.15, 0.2) is 24.8 Å². The number of hydrogen-bond donors (Lipinski definition) is 1. The molecule has 0 saturated heterocycles. The third kappa shape index (κ3) is 4.28. The molecule has 1 aromatic carbocycles. The molecule has 110 valence electrons. The summed E-state index contributed by atoms with van der Waals surface area (Å²) >= 11 is 0. The summed E-state index contributed by atoms with van der Waals surface area (Å²) < 4.78 is 15.8. The molecule has 5 nitrogen and oxygen atoms in total. The van der Waals surface area contributed by atoms with Crippen LogP contribution in [0.4, 0.5) is 0 Å². The molecular weight excluding hydrogens is 260 g/mol. The predicted molar refractivity (Wildman–Crippen MR) is 75.8 cm³/mol. The molecule has 0 atom stereocenters. The Hall–Kier alpha value is -2.01. The van der Waals surface area contributed by atoms with Crippen molar-refractivity contribution in [2.45, 2.75) is 12.8 Å². The summed E-state index contributed by atoms with van der Waals surface area (Å²) in [4.78, 5) is 11.1. The van der Waals surface area contributed by atoms with Crippen LogP contribution in [-0.2, 0) is 11.2 Å². The highest BCUT2D eigenvalue weighted by Crippen LogP contribution is 2.33. The van der Waals surface area contributed by atoms with Gasteiger partial charge in [-0.25, -0.2) is 4.79 Å². The highest BCUT2D eigenvalue weighted by molar-refractivity contribution is 5.89. The molecule has 1 rings (SSSR count). The molecule has 0 heterocycles. The molecule has 0 saturated carbocycles. The molecule has 5 heteroatoms. The van der Waals surface area contributed by atoms with Crippen molar-refractivity contribution in [1.29, 1.82) is 0 Å². The zero-order chi connectivity index (χ0) is 15.0. The number of benzene rings is 1. The van der Waals surface area contributed by atoms with Gasteiger partial charge in [0, 0.05) is 6.61 Å². The van der Waals surface area contributed by atoms with E-state index in [0.717, 1.165) is 12.0 Å². The van der Waals surface area contributed by atoms with Crippen molar-refractivity contribution in [2.75, 3.05) is 27.4 Å². The zero-order valence-electron chi connectivity index (χ0n) is 11.8. The number of carbonyl (C=O) groups is 1. The van der Waals surface area contributed by atoms with Crippen LogP contribution in [0.3, 0.4) is 0 Å².